The zero-order valence-electron chi connectivity index (χ0n) is 19.1. The molecule has 0 aromatic heterocycles. The van der Waals surface area contributed by atoms with Gasteiger partial charge >= 0.3 is 0 Å². The molecule has 0 saturated carbocycles. The number of hydrogen-bond acceptors (Lipinski definition) is 0. The quantitative estimate of drug-likeness (QED) is 0.608. The molecule has 0 spiro atoms. The average molecular weight is 404 g/mol. The minimum Gasteiger partial charge on any atom is -0.0656 e. The number of allylic oxidation sites excluding steroid dienone is 4. The van der Waals surface area contributed by atoms with Crippen LogP contribution in [0, 0.1) is 19.8 Å². The monoisotopic (exact) mass is 403 g/mol. The van der Waals surface area contributed by atoms with Crippen molar-refractivity contribution in [2.45, 2.75) is 61.2 Å². The van der Waals surface area contributed by atoms with E-state index in [9.17, 15) is 0 Å². The Morgan fingerprint density at radius 2 is 1.32 bits per heavy atom. The van der Waals surface area contributed by atoms with Crippen LogP contribution in [0.15, 0.2) is 64.4 Å². The van der Waals surface area contributed by atoms with Crippen LogP contribution in [0.4, 0.5) is 0 Å². The Bertz CT molecular complexity index is 953. The summed E-state index contributed by atoms with van der Waals surface area (Å²) in [6.45, 7) is 21.2. The summed E-state index contributed by atoms with van der Waals surface area (Å²) in [5, 5.41) is 6.36. The highest BCUT2D eigenvalue weighted by Crippen LogP contribution is 2.37. The molecule has 28 heavy (non-hydrogen) atoms. The maximum Gasteiger partial charge on any atom is 0.151 e. The molecule has 0 N–H and O–H groups in total. The van der Waals surface area contributed by atoms with Gasteiger partial charge in [-0.1, -0.05) is 112 Å². The summed E-state index contributed by atoms with van der Waals surface area (Å²) in [4.78, 5) is 0. The molecule has 0 bridgehead atoms. The Kier molecular flexibility index (Phi) is 5.75. The van der Waals surface area contributed by atoms with Gasteiger partial charge in [0.1, 0.15) is 0 Å². The van der Waals surface area contributed by atoms with E-state index in [1.807, 2.05) is 0 Å². The second-order valence-corrected chi connectivity index (χ2v) is 17.2. The second-order valence-electron chi connectivity index (χ2n) is 9.65. The van der Waals surface area contributed by atoms with E-state index in [1.165, 1.54) is 27.5 Å². The molecule has 0 saturated heterocycles. The molecular weight excluding hydrogens is 368 g/mol. The summed E-state index contributed by atoms with van der Waals surface area (Å²) >= 11 is 0. The smallest absolute Gasteiger partial charge is 0.0656 e. The van der Waals surface area contributed by atoms with E-state index >= 15 is 0 Å². The topological polar surface area (TPSA) is 0 Å². The predicted octanol–water partition coefficient (Wildman–Crippen LogP) is 5.30. The SMILES string of the molecule is CC1=C(C)C(C)C([Si](c2ccc(C)cc2)c2cc(C)cc([Si](C)(C)C)c2)=C1C. The highest BCUT2D eigenvalue weighted by Gasteiger charge is 2.33. The van der Waals surface area contributed by atoms with Crippen molar-refractivity contribution in [3.05, 3.63) is 75.5 Å². The third kappa shape index (κ3) is 3.90. The van der Waals surface area contributed by atoms with E-state index in [0.29, 0.717) is 5.92 Å². The van der Waals surface area contributed by atoms with Gasteiger partial charge in [0.25, 0.3) is 0 Å². The summed E-state index contributed by atoms with van der Waals surface area (Å²) in [5.74, 6) is 0.547. The molecule has 2 aromatic rings. The maximum absolute atomic E-state index is 2.56. The molecule has 0 fully saturated rings. The summed E-state index contributed by atoms with van der Waals surface area (Å²) in [7, 11) is -2.36. The first kappa shape index (κ1) is 21.1. The minimum atomic E-state index is -1.36. The van der Waals surface area contributed by atoms with Gasteiger partial charge < -0.3 is 0 Å². The lowest BCUT2D eigenvalue weighted by molar-refractivity contribution is 0.854. The minimum absolute atomic E-state index is 0.547. The van der Waals surface area contributed by atoms with Gasteiger partial charge in [-0.05, 0) is 46.1 Å². The first-order valence-electron chi connectivity index (χ1n) is 10.5. The lowest BCUT2D eigenvalue weighted by Gasteiger charge is -2.26. The fourth-order valence-corrected chi connectivity index (χ4v) is 9.06. The van der Waals surface area contributed by atoms with Crippen molar-refractivity contribution in [1.29, 1.82) is 0 Å². The predicted molar refractivity (Wildman–Crippen MR) is 131 cm³/mol. The fraction of sp³-hybridized carbons (Fsp3) is 0.385. The standard InChI is InChI=1S/C26H35Si2/c1-17-10-12-23(13-11-17)27(26-21(5)19(3)20(4)22(26)6)24-14-18(2)15-25(16-24)28(7,8)9/h10-16,21H,1-9H3. The van der Waals surface area contributed by atoms with Crippen molar-refractivity contribution < 1.29 is 0 Å². The molecular formula is C26H35Si2. The van der Waals surface area contributed by atoms with Crippen LogP contribution in [-0.2, 0) is 0 Å². The molecule has 3 rings (SSSR count). The highest BCUT2D eigenvalue weighted by atomic mass is 28.3. The third-order valence-corrected chi connectivity index (χ3v) is 11.6. The number of aryl methyl sites for hydroxylation is 2. The van der Waals surface area contributed by atoms with Crippen LogP contribution < -0.4 is 15.6 Å². The maximum atomic E-state index is 2.56. The van der Waals surface area contributed by atoms with Crippen LogP contribution in [0.5, 0.6) is 0 Å². The molecule has 147 valence electrons. The molecule has 2 heteroatoms. The second kappa shape index (κ2) is 7.64. The van der Waals surface area contributed by atoms with Crippen molar-refractivity contribution in [3.8, 4) is 0 Å². The molecule has 0 aliphatic heterocycles. The summed E-state index contributed by atoms with van der Waals surface area (Å²) in [5.41, 5.74) is 7.36. The zero-order valence-corrected chi connectivity index (χ0v) is 21.1. The van der Waals surface area contributed by atoms with Gasteiger partial charge in [0.05, 0.1) is 8.07 Å². The van der Waals surface area contributed by atoms with Gasteiger partial charge in [-0.3, -0.25) is 0 Å². The highest BCUT2D eigenvalue weighted by molar-refractivity contribution is 6.93. The first-order chi connectivity index (χ1) is 13.0. The van der Waals surface area contributed by atoms with Gasteiger partial charge in [0.15, 0.2) is 8.80 Å². The van der Waals surface area contributed by atoms with Gasteiger partial charge in [0.2, 0.25) is 0 Å². The van der Waals surface area contributed by atoms with E-state index in [1.54, 1.807) is 21.1 Å². The van der Waals surface area contributed by atoms with Crippen molar-refractivity contribution >= 4 is 32.4 Å². The van der Waals surface area contributed by atoms with Crippen LogP contribution in [0.1, 0.15) is 38.8 Å². The van der Waals surface area contributed by atoms with Gasteiger partial charge in [-0.2, -0.15) is 0 Å². The molecule has 1 aliphatic rings. The van der Waals surface area contributed by atoms with Crippen LogP contribution in [0.25, 0.3) is 0 Å². The molecule has 1 aliphatic carbocycles. The third-order valence-electron chi connectivity index (χ3n) is 6.48. The molecule has 0 amide bonds. The fourth-order valence-electron chi connectivity index (χ4n) is 4.33. The summed E-state index contributed by atoms with van der Waals surface area (Å²) in [6, 6.07) is 16.8. The Hall–Kier alpha value is -1.65. The van der Waals surface area contributed by atoms with E-state index in [-0.39, 0.29) is 0 Å². The van der Waals surface area contributed by atoms with Gasteiger partial charge in [0, 0.05) is 0 Å². The molecule has 1 atom stereocenters. The van der Waals surface area contributed by atoms with Gasteiger partial charge in [-0.25, -0.2) is 0 Å². The largest absolute Gasteiger partial charge is 0.151 e. The van der Waals surface area contributed by atoms with E-state index in [4.69, 9.17) is 0 Å². The number of benzene rings is 2. The van der Waals surface area contributed by atoms with Crippen molar-refractivity contribution in [2.75, 3.05) is 0 Å². The van der Waals surface area contributed by atoms with Crippen LogP contribution in [-0.4, -0.2) is 16.9 Å². The molecule has 2 aromatic carbocycles. The molecule has 0 nitrogen and oxygen atoms in total. The van der Waals surface area contributed by atoms with Crippen molar-refractivity contribution in [1.82, 2.24) is 0 Å². The molecule has 1 unspecified atom stereocenters. The Balaban J connectivity index is 2.25. The Morgan fingerprint density at radius 1 is 0.714 bits per heavy atom. The first-order valence-corrected chi connectivity index (χ1v) is 15.5. The number of hydrogen-bond donors (Lipinski definition) is 0. The molecule has 1 radical (unpaired) electrons. The van der Waals surface area contributed by atoms with Crippen LogP contribution in [0.2, 0.25) is 19.6 Å². The van der Waals surface area contributed by atoms with E-state index in [2.05, 4.69) is 104 Å². The van der Waals surface area contributed by atoms with Crippen molar-refractivity contribution in [2.24, 2.45) is 5.92 Å². The lowest BCUT2D eigenvalue weighted by Crippen LogP contribution is -2.49. The van der Waals surface area contributed by atoms with E-state index in [0.717, 1.165) is 0 Å². The summed E-state index contributed by atoms with van der Waals surface area (Å²) < 4.78 is 0. The summed E-state index contributed by atoms with van der Waals surface area (Å²) in [6.07, 6.45) is 0. The van der Waals surface area contributed by atoms with Gasteiger partial charge in [-0.15, -0.1) is 0 Å². The van der Waals surface area contributed by atoms with Crippen LogP contribution in [0.3, 0.4) is 0 Å². The normalized spacial score (nSPS) is 17.9. The average Bonchev–Trinajstić information content (AvgIpc) is 2.80. The number of rotatable bonds is 4. The zero-order chi connectivity index (χ0) is 20.8. The lowest BCUT2D eigenvalue weighted by atomic mass is 10.1. The van der Waals surface area contributed by atoms with Crippen molar-refractivity contribution in [3.63, 3.8) is 0 Å². The van der Waals surface area contributed by atoms with Crippen LogP contribution >= 0.6 is 0 Å². The Labute approximate surface area is 175 Å². The van der Waals surface area contributed by atoms with E-state index < -0.39 is 16.9 Å². The molecule has 0 heterocycles. The Morgan fingerprint density at radius 3 is 1.82 bits per heavy atom.